The van der Waals surface area contributed by atoms with E-state index in [9.17, 15) is 18.3 Å². The molecule has 0 spiro atoms. The summed E-state index contributed by atoms with van der Waals surface area (Å²) in [5.41, 5.74) is -0.601. The Morgan fingerprint density at radius 3 is 2.85 bits per heavy atom. The van der Waals surface area contributed by atoms with Gasteiger partial charge in [0.1, 0.15) is 0 Å². The van der Waals surface area contributed by atoms with Gasteiger partial charge in [-0.25, -0.2) is 0 Å². The molecule has 2 nitrogen and oxygen atoms in total. The molecule has 2 rings (SSSR count). The Balaban J connectivity index is 1.82. The summed E-state index contributed by atoms with van der Waals surface area (Å²) in [7, 11) is 0. The molecular formula is C14H18F3NOS. The van der Waals surface area contributed by atoms with Crippen molar-refractivity contribution in [2.24, 2.45) is 0 Å². The van der Waals surface area contributed by atoms with Crippen LogP contribution in [0.2, 0.25) is 0 Å². The van der Waals surface area contributed by atoms with Crippen molar-refractivity contribution in [3.8, 4) is 0 Å². The van der Waals surface area contributed by atoms with Gasteiger partial charge in [-0.1, -0.05) is 6.07 Å². The van der Waals surface area contributed by atoms with Crippen LogP contribution in [0.1, 0.15) is 18.4 Å². The van der Waals surface area contributed by atoms with Crippen LogP contribution in [-0.4, -0.2) is 41.5 Å². The zero-order chi connectivity index (χ0) is 14.6. The zero-order valence-electron chi connectivity index (χ0n) is 11.1. The third-order valence-corrected chi connectivity index (χ3v) is 4.29. The number of hydrogen-bond acceptors (Lipinski definition) is 3. The maximum Gasteiger partial charge on any atom is 0.416 e. The third-order valence-electron chi connectivity index (χ3n) is 3.32. The van der Waals surface area contributed by atoms with Crippen LogP contribution in [0.5, 0.6) is 0 Å². The van der Waals surface area contributed by atoms with Crippen molar-refractivity contribution in [1.82, 2.24) is 4.90 Å². The Morgan fingerprint density at radius 1 is 1.35 bits per heavy atom. The van der Waals surface area contributed by atoms with Crippen LogP contribution in [0.15, 0.2) is 29.2 Å². The van der Waals surface area contributed by atoms with E-state index >= 15 is 0 Å². The molecule has 20 heavy (non-hydrogen) atoms. The summed E-state index contributed by atoms with van der Waals surface area (Å²) in [5, 5.41) is 9.55. The second-order valence-electron chi connectivity index (χ2n) is 4.97. The van der Waals surface area contributed by atoms with E-state index in [1.807, 2.05) is 0 Å². The summed E-state index contributed by atoms with van der Waals surface area (Å²) < 4.78 is 37.7. The number of halogens is 3. The van der Waals surface area contributed by atoms with Gasteiger partial charge in [0.2, 0.25) is 0 Å². The average molecular weight is 305 g/mol. The summed E-state index contributed by atoms with van der Waals surface area (Å²) in [5.74, 6) is 0.730. The predicted molar refractivity (Wildman–Crippen MR) is 73.8 cm³/mol. The van der Waals surface area contributed by atoms with Gasteiger partial charge in [0.25, 0.3) is 0 Å². The first-order valence-corrected chi connectivity index (χ1v) is 7.64. The van der Waals surface area contributed by atoms with Gasteiger partial charge in [0.05, 0.1) is 11.7 Å². The number of aliphatic hydroxyl groups excluding tert-OH is 1. The number of β-amino-alcohol motifs (C(OH)–C–C–N with tert-alkyl or cyclic N) is 1. The van der Waals surface area contributed by atoms with Crippen molar-refractivity contribution in [3.63, 3.8) is 0 Å². The Bertz CT molecular complexity index is 439. The number of hydrogen-bond donors (Lipinski definition) is 1. The van der Waals surface area contributed by atoms with Crippen LogP contribution >= 0.6 is 11.8 Å². The molecule has 0 radical (unpaired) electrons. The largest absolute Gasteiger partial charge is 0.416 e. The van der Waals surface area contributed by atoms with Crippen molar-refractivity contribution in [2.45, 2.75) is 30.0 Å². The van der Waals surface area contributed by atoms with Gasteiger partial charge in [0.15, 0.2) is 0 Å². The molecule has 6 heteroatoms. The first kappa shape index (κ1) is 15.7. The van der Waals surface area contributed by atoms with Gasteiger partial charge in [-0.15, -0.1) is 11.8 Å². The molecule has 1 fully saturated rings. The lowest BCUT2D eigenvalue weighted by molar-refractivity contribution is -0.137. The number of alkyl halides is 3. The lowest BCUT2D eigenvalue weighted by atomic mass is 10.1. The molecule has 0 aromatic heterocycles. The molecule has 1 aliphatic rings. The van der Waals surface area contributed by atoms with E-state index in [0.29, 0.717) is 11.4 Å². The van der Waals surface area contributed by atoms with E-state index < -0.39 is 11.7 Å². The van der Waals surface area contributed by atoms with Crippen LogP contribution in [-0.2, 0) is 6.18 Å². The molecule has 1 saturated heterocycles. The van der Waals surface area contributed by atoms with Crippen LogP contribution in [0.25, 0.3) is 0 Å². The fraction of sp³-hybridized carbons (Fsp3) is 0.571. The van der Waals surface area contributed by atoms with Crippen LogP contribution in [0, 0.1) is 0 Å². The van der Waals surface area contributed by atoms with Crippen molar-refractivity contribution in [2.75, 3.05) is 25.4 Å². The fourth-order valence-electron chi connectivity index (χ4n) is 2.29. The van der Waals surface area contributed by atoms with Crippen molar-refractivity contribution in [1.29, 1.82) is 0 Å². The van der Waals surface area contributed by atoms with E-state index in [1.165, 1.54) is 23.9 Å². The number of piperidine rings is 1. The first-order chi connectivity index (χ1) is 9.45. The standard InChI is InChI=1S/C14H18F3NOS/c15-14(16,17)11-3-1-5-13(9-11)20-8-7-18-6-2-4-12(19)10-18/h1,3,5,9,12,19H,2,4,6-8,10H2. The summed E-state index contributed by atoms with van der Waals surface area (Å²) in [6.45, 7) is 2.42. The van der Waals surface area contributed by atoms with Crippen molar-refractivity contribution >= 4 is 11.8 Å². The van der Waals surface area contributed by atoms with Gasteiger partial charge in [-0.3, -0.25) is 4.90 Å². The number of benzene rings is 1. The van der Waals surface area contributed by atoms with Gasteiger partial charge in [-0.05, 0) is 37.6 Å². The summed E-state index contributed by atoms with van der Waals surface area (Å²) >= 11 is 1.42. The van der Waals surface area contributed by atoms with Gasteiger partial charge < -0.3 is 5.11 Å². The molecule has 1 aliphatic heterocycles. The molecule has 0 amide bonds. The normalized spacial score (nSPS) is 21.1. The Morgan fingerprint density at radius 2 is 2.15 bits per heavy atom. The molecule has 1 N–H and O–H groups in total. The van der Waals surface area contributed by atoms with E-state index in [4.69, 9.17) is 0 Å². The molecule has 1 unspecified atom stereocenters. The third kappa shape index (κ3) is 4.68. The average Bonchev–Trinajstić information content (AvgIpc) is 2.38. The molecule has 0 aliphatic carbocycles. The predicted octanol–water partition coefficient (Wildman–Crippen LogP) is 3.25. The fourth-order valence-corrected chi connectivity index (χ4v) is 3.26. The maximum absolute atomic E-state index is 12.6. The summed E-state index contributed by atoms with van der Waals surface area (Å²) in [4.78, 5) is 2.80. The maximum atomic E-state index is 12.6. The highest BCUT2D eigenvalue weighted by atomic mass is 32.2. The number of nitrogens with zero attached hydrogens (tertiary/aromatic N) is 1. The lowest BCUT2D eigenvalue weighted by Gasteiger charge is -2.29. The van der Waals surface area contributed by atoms with E-state index in [0.717, 1.165) is 37.8 Å². The Labute approximate surface area is 121 Å². The lowest BCUT2D eigenvalue weighted by Crippen LogP contribution is -2.39. The van der Waals surface area contributed by atoms with Crippen LogP contribution in [0.3, 0.4) is 0 Å². The van der Waals surface area contributed by atoms with E-state index in [1.54, 1.807) is 6.07 Å². The SMILES string of the molecule is OC1CCCN(CCSc2cccc(C(F)(F)F)c2)C1. The molecule has 1 aromatic carbocycles. The number of rotatable bonds is 4. The summed E-state index contributed by atoms with van der Waals surface area (Å²) in [6.07, 6.45) is -2.72. The zero-order valence-corrected chi connectivity index (χ0v) is 11.9. The molecule has 1 heterocycles. The Hall–Kier alpha value is -0.720. The Kier molecular flexibility index (Phi) is 5.35. The van der Waals surface area contributed by atoms with Gasteiger partial charge in [0, 0.05) is 23.7 Å². The minimum atomic E-state index is -4.28. The molecule has 1 atom stereocenters. The molecule has 1 aromatic rings. The van der Waals surface area contributed by atoms with E-state index in [-0.39, 0.29) is 6.10 Å². The highest BCUT2D eigenvalue weighted by Gasteiger charge is 2.30. The number of thioether (sulfide) groups is 1. The highest BCUT2D eigenvalue weighted by molar-refractivity contribution is 7.99. The second-order valence-corrected chi connectivity index (χ2v) is 6.14. The van der Waals surface area contributed by atoms with Crippen molar-refractivity contribution < 1.29 is 18.3 Å². The van der Waals surface area contributed by atoms with E-state index in [2.05, 4.69) is 4.90 Å². The molecule has 0 bridgehead atoms. The smallest absolute Gasteiger partial charge is 0.392 e. The van der Waals surface area contributed by atoms with Crippen LogP contribution < -0.4 is 0 Å². The molecule has 0 saturated carbocycles. The number of aliphatic hydroxyl groups is 1. The second kappa shape index (κ2) is 6.83. The monoisotopic (exact) mass is 305 g/mol. The van der Waals surface area contributed by atoms with Crippen molar-refractivity contribution in [3.05, 3.63) is 29.8 Å². The quantitative estimate of drug-likeness (QED) is 0.864. The minimum Gasteiger partial charge on any atom is -0.392 e. The van der Waals surface area contributed by atoms with Gasteiger partial charge in [-0.2, -0.15) is 13.2 Å². The highest BCUT2D eigenvalue weighted by Crippen LogP contribution is 2.31. The van der Waals surface area contributed by atoms with Gasteiger partial charge >= 0.3 is 6.18 Å². The molecular weight excluding hydrogens is 287 g/mol. The number of likely N-dealkylation sites (tertiary alicyclic amines) is 1. The first-order valence-electron chi connectivity index (χ1n) is 6.65. The topological polar surface area (TPSA) is 23.5 Å². The molecule has 112 valence electrons. The van der Waals surface area contributed by atoms with Crippen LogP contribution in [0.4, 0.5) is 13.2 Å². The summed E-state index contributed by atoms with van der Waals surface area (Å²) in [6, 6.07) is 5.42. The minimum absolute atomic E-state index is 0.262.